The number of hydrogen-bond donors (Lipinski definition) is 4. The molecule has 1 fully saturated rings. The third-order valence-electron chi connectivity index (χ3n) is 12.0. The summed E-state index contributed by atoms with van der Waals surface area (Å²) in [5.74, 6) is 0.699. The lowest BCUT2D eigenvalue weighted by molar-refractivity contribution is -0.142. The maximum Gasteiger partial charge on any atom is 0.247 e. The summed E-state index contributed by atoms with van der Waals surface area (Å²) in [5, 5.41) is 29.9. The van der Waals surface area contributed by atoms with E-state index in [-0.39, 0.29) is 43.7 Å². The van der Waals surface area contributed by atoms with Gasteiger partial charge in [-0.25, -0.2) is 4.98 Å². The minimum Gasteiger partial charge on any atom is -0.391 e. The molecule has 19 heteroatoms. The highest BCUT2D eigenvalue weighted by Crippen LogP contribution is 2.40. The van der Waals surface area contributed by atoms with Gasteiger partial charge in [-0.1, -0.05) is 48.0 Å². The molecule has 2 aromatic carbocycles. The molecule has 5 heterocycles. The van der Waals surface area contributed by atoms with Gasteiger partial charge in [-0.05, 0) is 89.0 Å². The lowest BCUT2D eigenvalue weighted by Crippen LogP contribution is -2.59. The Morgan fingerprint density at radius 1 is 0.985 bits per heavy atom. The third-order valence-corrected chi connectivity index (χ3v) is 15.9. The summed E-state index contributed by atoms with van der Waals surface area (Å²) in [6.45, 7) is 14.6. The molecule has 0 radical (unpaired) electrons. The maximum absolute atomic E-state index is 14.2. The van der Waals surface area contributed by atoms with Crippen molar-refractivity contribution in [2.24, 2.45) is 4.99 Å². The Bertz CT molecular complexity index is 2610. The number of aryl methyl sites for hydroxylation is 3. The van der Waals surface area contributed by atoms with E-state index in [0.29, 0.717) is 36.4 Å². The van der Waals surface area contributed by atoms with E-state index in [1.165, 1.54) is 16.7 Å². The van der Waals surface area contributed by atoms with Crippen LogP contribution in [-0.2, 0) is 30.5 Å². The van der Waals surface area contributed by atoms with Gasteiger partial charge >= 0.3 is 0 Å². The smallest absolute Gasteiger partial charge is 0.247 e. The number of ether oxygens (including phenoxy) is 1. The Morgan fingerprint density at radius 2 is 1.72 bits per heavy atom. The molecule has 0 bridgehead atoms. The molecule has 7 rings (SSSR count). The number of aliphatic hydroxyl groups is 1. The van der Waals surface area contributed by atoms with Crippen LogP contribution in [0.3, 0.4) is 0 Å². The number of nitrogens with one attached hydrogen (secondary N) is 3. The van der Waals surface area contributed by atoms with E-state index in [1.54, 1.807) is 34.4 Å². The van der Waals surface area contributed by atoms with Crippen LogP contribution in [0.25, 0.3) is 15.4 Å². The molecule has 4 unspecified atom stereocenters. The lowest BCUT2D eigenvalue weighted by Gasteiger charge is -2.37. The topological polar surface area (TPSA) is 193 Å². The Hall–Kier alpha value is -4.98. The molecule has 3 aromatic heterocycles. The van der Waals surface area contributed by atoms with Crippen molar-refractivity contribution in [2.75, 3.05) is 32.1 Å². The molecule has 67 heavy (non-hydrogen) atoms. The largest absolute Gasteiger partial charge is 0.391 e. The predicted octanol–water partition coefficient (Wildman–Crippen LogP) is 6.83. The number of rotatable bonds is 19. The molecule has 0 spiro atoms. The van der Waals surface area contributed by atoms with Gasteiger partial charge in [-0.15, -0.1) is 32.9 Å². The van der Waals surface area contributed by atoms with Crippen LogP contribution in [0.15, 0.2) is 59.0 Å². The van der Waals surface area contributed by atoms with E-state index >= 15 is 0 Å². The van der Waals surface area contributed by atoms with Crippen molar-refractivity contribution >= 4 is 75.4 Å². The molecule has 0 saturated carbocycles. The molecule has 2 aliphatic rings. The highest BCUT2D eigenvalue weighted by atomic mass is 35.5. The summed E-state index contributed by atoms with van der Waals surface area (Å²) in [5.41, 5.74) is 8.54. The fourth-order valence-corrected chi connectivity index (χ4v) is 11.7. The number of carbonyl (C=O) groups excluding carboxylic acids is 4. The minimum atomic E-state index is -0.938. The first-order valence-corrected chi connectivity index (χ1v) is 25.5. The predicted molar refractivity (Wildman–Crippen MR) is 265 cm³/mol. The number of halogens is 1. The van der Waals surface area contributed by atoms with Crippen molar-refractivity contribution in [3.63, 3.8) is 0 Å². The second-order valence-corrected chi connectivity index (χ2v) is 21.7. The Kier molecular flexibility index (Phi) is 16.4. The fourth-order valence-electron chi connectivity index (χ4n) is 8.34. The van der Waals surface area contributed by atoms with E-state index in [2.05, 4.69) is 45.0 Å². The molecular formula is C48H58ClN9O6S3. The number of fused-ring (bicyclic) bond motifs is 3. The van der Waals surface area contributed by atoms with Crippen LogP contribution >= 0.6 is 46.0 Å². The van der Waals surface area contributed by atoms with E-state index < -0.39 is 34.9 Å². The molecule has 5 aromatic rings. The second kappa shape index (κ2) is 22.0. The Labute approximate surface area is 408 Å². The van der Waals surface area contributed by atoms with Crippen molar-refractivity contribution in [3.8, 4) is 15.4 Å². The first kappa shape index (κ1) is 49.9. The minimum absolute atomic E-state index is 0.00749. The fraction of sp³-hybridized carbons (Fsp3) is 0.458. The average Bonchev–Trinajstić information content (AvgIpc) is 4.06. The number of β-amino-alcohol motifs (C(OH)–C–C–N with tert-alkyl or cyclic N) is 1. The molecule has 4 atom stereocenters. The number of unbranched alkanes of at least 4 members (excludes halogenated alkanes) is 1. The molecule has 2 aliphatic heterocycles. The van der Waals surface area contributed by atoms with Crippen molar-refractivity contribution in [1.29, 1.82) is 0 Å². The van der Waals surface area contributed by atoms with E-state index in [0.717, 1.165) is 67.8 Å². The monoisotopic (exact) mass is 987 g/mol. The molecule has 1 saturated heterocycles. The number of thiophene rings is 1. The number of likely N-dealkylation sites (tertiary alicyclic amines) is 1. The van der Waals surface area contributed by atoms with E-state index in [9.17, 15) is 24.3 Å². The number of hydrogen-bond acceptors (Lipinski definition) is 13. The van der Waals surface area contributed by atoms with Crippen molar-refractivity contribution < 1.29 is 29.0 Å². The third kappa shape index (κ3) is 11.8. The summed E-state index contributed by atoms with van der Waals surface area (Å²) in [7, 11) is 0. The highest BCUT2D eigenvalue weighted by Gasteiger charge is 2.46. The van der Waals surface area contributed by atoms with Crippen LogP contribution in [0.1, 0.15) is 97.0 Å². The number of aliphatic imine (C=N–C) groups is 1. The molecule has 0 aliphatic carbocycles. The van der Waals surface area contributed by atoms with Crippen molar-refractivity contribution in [3.05, 3.63) is 104 Å². The quantitative estimate of drug-likeness (QED) is 0.0638. The van der Waals surface area contributed by atoms with Crippen molar-refractivity contribution in [1.82, 2.24) is 40.6 Å². The van der Waals surface area contributed by atoms with Crippen LogP contribution in [0.4, 0.5) is 0 Å². The van der Waals surface area contributed by atoms with E-state index in [4.69, 9.17) is 21.3 Å². The number of amides is 4. The number of aliphatic hydroxyl groups excluding tert-OH is 1. The molecule has 356 valence electrons. The number of carbonyl (C=O) groups is 4. The van der Waals surface area contributed by atoms with Gasteiger partial charge < -0.3 is 30.7 Å². The highest BCUT2D eigenvalue weighted by molar-refractivity contribution is 8.00. The first-order chi connectivity index (χ1) is 32.0. The molecule has 15 nitrogen and oxygen atoms in total. The van der Waals surface area contributed by atoms with Crippen LogP contribution in [0, 0.1) is 27.7 Å². The van der Waals surface area contributed by atoms with Gasteiger partial charge in [0.25, 0.3) is 0 Å². The van der Waals surface area contributed by atoms with Crippen LogP contribution in [0.5, 0.6) is 0 Å². The van der Waals surface area contributed by atoms with Gasteiger partial charge in [0.05, 0.1) is 40.9 Å². The van der Waals surface area contributed by atoms with Crippen LogP contribution in [0.2, 0.25) is 5.02 Å². The lowest BCUT2D eigenvalue weighted by atomic mass is 9.99. The zero-order valence-corrected chi connectivity index (χ0v) is 42.1. The van der Waals surface area contributed by atoms with Gasteiger partial charge in [-0.3, -0.25) is 28.7 Å². The van der Waals surface area contributed by atoms with Gasteiger partial charge in [0, 0.05) is 65.4 Å². The summed E-state index contributed by atoms with van der Waals surface area (Å²) < 4.78 is 7.16. The van der Waals surface area contributed by atoms with Gasteiger partial charge in [0.15, 0.2) is 5.82 Å². The maximum atomic E-state index is 14.2. The number of thioether (sulfide) groups is 1. The Morgan fingerprint density at radius 3 is 2.42 bits per heavy atom. The Balaban J connectivity index is 0.862. The second-order valence-electron chi connectivity index (χ2n) is 17.4. The zero-order chi connectivity index (χ0) is 48.0. The van der Waals surface area contributed by atoms with E-state index in [1.807, 2.05) is 86.3 Å². The number of thiazole rings is 1. The summed E-state index contributed by atoms with van der Waals surface area (Å²) in [6.07, 6.45) is 0.829. The molecular weight excluding hydrogens is 930 g/mol. The van der Waals surface area contributed by atoms with Crippen LogP contribution < -0.4 is 16.0 Å². The zero-order valence-electron chi connectivity index (χ0n) is 38.9. The van der Waals surface area contributed by atoms with Crippen molar-refractivity contribution in [2.45, 2.75) is 110 Å². The molecule has 4 amide bonds. The summed E-state index contributed by atoms with van der Waals surface area (Å²) in [6, 6.07) is 13.1. The normalized spacial score (nSPS) is 17.3. The van der Waals surface area contributed by atoms with Gasteiger partial charge in [0.1, 0.15) is 29.0 Å². The average molecular weight is 989 g/mol. The summed E-state index contributed by atoms with van der Waals surface area (Å²) in [4.78, 5) is 66.7. The number of nitrogens with zero attached hydrogens (tertiary/aromatic N) is 6. The number of aromatic nitrogens is 4. The summed E-state index contributed by atoms with van der Waals surface area (Å²) >= 11 is 11.0. The SMILES string of the molecule is CC(=O)NC(C(=O)N1CC(O)CC1C(=O)NCc1ccc(-c2scnc2C)cc1)C(C)(C)SCCCCOCCNC(=O)CC1N=C(c2ccc(Cl)cc2)c2c(sc(C)c2C)-n2c(C)nnc21. The van der Waals surface area contributed by atoms with Gasteiger partial charge in [0.2, 0.25) is 23.6 Å². The first-order valence-electron chi connectivity index (χ1n) is 22.4. The van der Waals surface area contributed by atoms with Gasteiger partial charge in [-0.2, -0.15) is 11.8 Å². The van der Waals surface area contributed by atoms with Crippen LogP contribution in [-0.4, -0.2) is 114 Å². The number of benzene rings is 2. The standard InChI is InChI=1S/C48H58ClN9O6S3/c1-27-29(3)67-47-40(27)41(33-14-16-35(49)17-15-33)54-37(44-56-55-30(4)58(44)47)23-39(61)50-18-20-64-19-8-9-21-66-48(6,7)43(53-31(5)59)46(63)57-25-36(60)22-38(57)45(62)51-24-32-10-12-34(13-11-32)42-28(2)52-26-65-42/h10-17,26,36-38,43,60H,8-9,18-25H2,1-7H3,(H,50,61)(H,51,62)(H,53,59). The molecule has 4 N–H and O–H groups in total.